The third-order valence-corrected chi connectivity index (χ3v) is 5.33. The van der Waals surface area contributed by atoms with Crippen LogP contribution in [0.5, 0.6) is 0 Å². The molecule has 8 heteroatoms. The van der Waals surface area contributed by atoms with Gasteiger partial charge in [0.2, 0.25) is 5.91 Å². The Morgan fingerprint density at radius 2 is 1.92 bits per heavy atom. The summed E-state index contributed by atoms with van der Waals surface area (Å²) in [6.07, 6.45) is 1.19. The van der Waals surface area contributed by atoms with Crippen molar-refractivity contribution in [2.45, 2.75) is 19.8 Å². The SMILES string of the molecule is Cc1nc(Nc2ccc(F)cc2)sc1C(=O)N1CCC(C(N)=O)CC1. The van der Waals surface area contributed by atoms with Crippen LogP contribution in [0.15, 0.2) is 24.3 Å². The van der Waals surface area contributed by atoms with Crippen LogP contribution in [0.25, 0.3) is 0 Å². The number of likely N-dealkylation sites (tertiary alicyclic amines) is 1. The smallest absolute Gasteiger partial charge is 0.265 e. The van der Waals surface area contributed by atoms with E-state index < -0.39 is 0 Å². The highest BCUT2D eigenvalue weighted by molar-refractivity contribution is 7.17. The molecular weight excluding hydrogens is 343 g/mol. The number of anilines is 2. The third kappa shape index (κ3) is 3.96. The number of aryl methyl sites for hydroxylation is 1. The fourth-order valence-corrected chi connectivity index (χ4v) is 3.77. The van der Waals surface area contributed by atoms with Gasteiger partial charge >= 0.3 is 0 Å². The molecule has 2 heterocycles. The maximum Gasteiger partial charge on any atom is 0.265 e. The number of nitrogens with two attached hydrogens (primary N) is 1. The molecule has 2 amide bonds. The van der Waals surface area contributed by atoms with E-state index in [2.05, 4.69) is 10.3 Å². The van der Waals surface area contributed by atoms with Crippen molar-refractivity contribution in [1.29, 1.82) is 0 Å². The molecule has 0 saturated carbocycles. The monoisotopic (exact) mass is 362 g/mol. The van der Waals surface area contributed by atoms with Crippen molar-refractivity contribution in [2.75, 3.05) is 18.4 Å². The van der Waals surface area contributed by atoms with Crippen molar-refractivity contribution in [3.63, 3.8) is 0 Å². The highest BCUT2D eigenvalue weighted by Crippen LogP contribution is 2.28. The summed E-state index contributed by atoms with van der Waals surface area (Å²) in [5.41, 5.74) is 6.68. The first-order valence-electron chi connectivity index (χ1n) is 8.02. The fraction of sp³-hybridized carbons (Fsp3) is 0.353. The number of primary amides is 1. The number of amides is 2. The summed E-state index contributed by atoms with van der Waals surface area (Å²) in [7, 11) is 0. The molecule has 0 spiro atoms. The number of carbonyl (C=O) groups is 2. The summed E-state index contributed by atoms with van der Waals surface area (Å²) in [5.74, 6) is -0.838. The number of aromatic nitrogens is 1. The van der Waals surface area contributed by atoms with Gasteiger partial charge in [0.15, 0.2) is 5.13 Å². The molecule has 132 valence electrons. The summed E-state index contributed by atoms with van der Waals surface area (Å²) in [5, 5.41) is 3.66. The molecule has 3 rings (SSSR count). The van der Waals surface area contributed by atoms with Crippen LogP contribution >= 0.6 is 11.3 Å². The molecule has 0 radical (unpaired) electrons. The van der Waals surface area contributed by atoms with Crippen LogP contribution in [0, 0.1) is 18.7 Å². The lowest BCUT2D eigenvalue weighted by Gasteiger charge is -2.30. The van der Waals surface area contributed by atoms with Gasteiger partial charge in [0.1, 0.15) is 10.7 Å². The van der Waals surface area contributed by atoms with E-state index in [0.29, 0.717) is 47.3 Å². The van der Waals surface area contributed by atoms with Gasteiger partial charge in [0.05, 0.1) is 5.69 Å². The van der Waals surface area contributed by atoms with E-state index in [0.717, 1.165) is 0 Å². The van der Waals surface area contributed by atoms with Gasteiger partial charge in [-0.3, -0.25) is 9.59 Å². The summed E-state index contributed by atoms with van der Waals surface area (Å²) in [6, 6.07) is 5.94. The first-order chi connectivity index (χ1) is 11.9. The van der Waals surface area contributed by atoms with Crippen molar-refractivity contribution in [3.8, 4) is 0 Å². The molecule has 0 bridgehead atoms. The average Bonchev–Trinajstić information content (AvgIpc) is 2.96. The van der Waals surface area contributed by atoms with Gasteiger partial charge in [-0.1, -0.05) is 11.3 Å². The Morgan fingerprint density at radius 1 is 1.28 bits per heavy atom. The zero-order valence-corrected chi connectivity index (χ0v) is 14.6. The minimum atomic E-state index is -0.309. The highest BCUT2D eigenvalue weighted by atomic mass is 32.1. The lowest BCUT2D eigenvalue weighted by atomic mass is 9.96. The number of rotatable bonds is 4. The van der Waals surface area contributed by atoms with E-state index >= 15 is 0 Å². The van der Waals surface area contributed by atoms with Gasteiger partial charge < -0.3 is 16.0 Å². The first-order valence-corrected chi connectivity index (χ1v) is 8.84. The number of hydrogen-bond acceptors (Lipinski definition) is 5. The quantitative estimate of drug-likeness (QED) is 0.875. The molecule has 1 aromatic heterocycles. The number of hydrogen-bond donors (Lipinski definition) is 2. The predicted octanol–water partition coefficient (Wildman–Crippen LogP) is 2.67. The maximum absolute atomic E-state index is 13.0. The summed E-state index contributed by atoms with van der Waals surface area (Å²) >= 11 is 1.27. The molecular formula is C17H19FN4O2S. The number of carbonyl (C=O) groups excluding carboxylic acids is 2. The van der Waals surface area contributed by atoms with E-state index in [4.69, 9.17) is 5.73 Å². The van der Waals surface area contributed by atoms with Crippen LogP contribution < -0.4 is 11.1 Å². The topological polar surface area (TPSA) is 88.3 Å². The van der Waals surface area contributed by atoms with Gasteiger partial charge in [-0.05, 0) is 44.0 Å². The lowest BCUT2D eigenvalue weighted by Crippen LogP contribution is -2.41. The van der Waals surface area contributed by atoms with Crippen LogP contribution in [0.1, 0.15) is 28.2 Å². The Labute approximate surface area is 148 Å². The summed E-state index contributed by atoms with van der Waals surface area (Å²) in [4.78, 5) is 30.6. The van der Waals surface area contributed by atoms with Gasteiger partial charge in [0.25, 0.3) is 5.91 Å². The molecule has 0 aliphatic carbocycles. The maximum atomic E-state index is 13.0. The summed E-state index contributed by atoms with van der Waals surface area (Å²) < 4.78 is 13.0. The molecule has 1 aromatic carbocycles. The average molecular weight is 362 g/mol. The van der Waals surface area contributed by atoms with Crippen molar-refractivity contribution < 1.29 is 14.0 Å². The third-order valence-electron chi connectivity index (χ3n) is 4.27. The zero-order valence-electron chi connectivity index (χ0n) is 13.8. The second kappa shape index (κ2) is 7.18. The first kappa shape index (κ1) is 17.3. The van der Waals surface area contributed by atoms with Crippen molar-refractivity contribution in [3.05, 3.63) is 40.7 Å². The zero-order chi connectivity index (χ0) is 18.0. The van der Waals surface area contributed by atoms with Crippen LogP contribution in [-0.2, 0) is 4.79 Å². The second-order valence-electron chi connectivity index (χ2n) is 6.03. The Bertz CT molecular complexity index is 782. The minimum absolute atomic E-state index is 0.0786. The molecule has 1 fully saturated rings. The molecule has 0 atom stereocenters. The summed E-state index contributed by atoms with van der Waals surface area (Å²) in [6.45, 7) is 2.82. The normalized spacial score (nSPS) is 15.2. The molecule has 3 N–H and O–H groups in total. The van der Waals surface area contributed by atoms with Crippen molar-refractivity contribution in [2.24, 2.45) is 11.7 Å². The molecule has 2 aromatic rings. The van der Waals surface area contributed by atoms with Gasteiger partial charge in [-0.15, -0.1) is 0 Å². The van der Waals surface area contributed by atoms with Crippen LogP contribution in [0.3, 0.4) is 0 Å². The molecule has 1 aliphatic heterocycles. The lowest BCUT2D eigenvalue weighted by molar-refractivity contribution is -0.123. The Balaban J connectivity index is 1.68. The molecule has 6 nitrogen and oxygen atoms in total. The van der Waals surface area contributed by atoms with Gasteiger partial charge in [-0.25, -0.2) is 9.37 Å². The van der Waals surface area contributed by atoms with Crippen LogP contribution in [0.2, 0.25) is 0 Å². The number of thiazole rings is 1. The van der Waals surface area contributed by atoms with Crippen molar-refractivity contribution >= 4 is 34.0 Å². The Morgan fingerprint density at radius 3 is 2.52 bits per heavy atom. The number of halogens is 1. The van der Waals surface area contributed by atoms with Gasteiger partial charge in [-0.2, -0.15) is 0 Å². The number of nitrogens with one attached hydrogen (secondary N) is 1. The van der Waals surface area contributed by atoms with E-state index in [1.54, 1.807) is 24.0 Å². The Kier molecular flexibility index (Phi) is 4.98. The van der Waals surface area contributed by atoms with Crippen molar-refractivity contribution in [1.82, 2.24) is 9.88 Å². The minimum Gasteiger partial charge on any atom is -0.369 e. The van der Waals surface area contributed by atoms with Crippen LogP contribution in [-0.4, -0.2) is 34.8 Å². The number of nitrogens with zero attached hydrogens (tertiary/aromatic N) is 2. The Hall–Kier alpha value is -2.48. The van der Waals surface area contributed by atoms with E-state index in [9.17, 15) is 14.0 Å². The fourth-order valence-electron chi connectivity index (χ4n) is 2.82. The van der Waals surface area contributed by atoms with E-state index in [-0.39, 0.29) is 23.5 Å². The molecule has 1 saturated heterocycles. The molecule has 25 heavy (non-hydrogen) atoms. The number of benzene rings is 1. The van der Waals surface area contributed by atoms with E-state index in [1.165, 1.54) is 23.5 Å². The predicted molar refractivity (Wildman–Crippen MR) is 94.4 cm³/mol. The molecule has 0 unspecified atom stereocenters. The van der Waals surface area contributed by atoms with E-state index in [1.807, 2.05) is 0 Å². The van der Waals surface area contributed by atoms with Crippen LogP contribution in [0.4, 0.5) is 15.2 Å². The molecule has 1 aliphatic rings. The standard InChI is InChI=1S/C17H19FN4O2S/c1-10-14(16(24)22-8-6-11(7-9-22)15(19)23)25-17(20-10)21-13-4-2-12(18)3-5-13/h2-5,11H,6-9H2,1H3,(H2,19,23)(H,20,21). The largest absolute Gasteiger partial charge is 0.369 e. The van der Waals surface area contributed by atoms with Gasteiger partial charge in [0, 0.05) is 24.7 Å². The second-order valence-corrected chi connectivity index (χ2v) is 7.03. The highest BCUT2D eigenvalue weighted by Gasteiger charge is 2.28. The number of piperidine rings is 1.